The number of benzene rings is 1. The number of halogens is 1. The molecule has 3 rings (SSSR count). The van der Waals surface area contributed by atoms with Crippen LogP contribution in [0.1, 0.15) is 16.2 Å². The molecule has 0 saturated heterocycles. The molecule has 0 saturated carbocycles. The first-order valence-corrected chi connectivity index (χ1v) is 8.36. The number of carbonyl (C=O) groups excluding carboxylic acids is 1. The van der Waals surface area contributed by atoms with Crippen molar-refractivity contribution < 1.29 is 26.5 Å². The minimum absolute atomic E-state index is 0.122. The van der Waals surface area contributed by atoms with Crippen LogP contribution in [0.2, 0.25) is 0 Å². The first kappa shape index (κ1) is 16.8. The number of carbonyl (C=O) groups is 1. The van der Waals surface area contributed by atoms with E-state index < -0.39 is 27.3 Å². The minimum Gasteiger partial charge on any atom is -0.459 e. The predicted molar refractivity (Wildman–Crippen MR) is 80.9 cm³/mol. The van der Waals surface area contributed by atoms with Crippen molar-refractivity contribution >= 4 is 15.9 Å². The first-order chi connectivity index (χ1) is 11.8. The van der Waals surface area contributed by atoms with Crippen LogP contribution in [-0.4, -0.2) is 24.5 Å². The molecule has 0 fully saturated rings. The summed E-state index contributed by atoms with van der Waals surface area (Å²) in [5, 5.41) is 11.0. The molecule has 0 aliphatic rings. The lowest BCUT2D eigenvalue weighted by molar-refractivity contribution is 0.0945. The number of primary sulfonamides is 1. The summed E-state index contributed by atoms with van der Waals surface area (Å²) in [6, 6.07) is 5.92. The van der Waals surface area contributed by atoms with Crippen LogP contribution in [0.3, 0.4) is 0 Å². The van der Waals surface area contributed by atoms with Crippen molar-refractivity contribution in [2.45, 2.75) is 11.4 Å². The van der Waals surface area contributed by atoms with Crippen LogP contribution < -0.4 is 10.5 Å². The minimum atomic E-state index is -4.06. The van der Waals surface area contributed by atoms with Gasteiger partial charge in [0.05, 0.1) is 23.3 Å². The van der Waals surface area contributed by atoms with Crippen LogP contribution in [0, 0.1) is 5.82 Å². The Morgan fingerprint density at radius 3 is 2.80 bits per heavy atom. The molecule has 130 valence electrons. The molecule has 9 nitrogen and oxygen atoms in total. The highest BCUT2D eigenvalue weighted by Gasteiger charge is 2.18. The summed E-state index contributed by atoms with van der Waals surface area (Å²) < 4.78 is 46.4. The highest BCUT2D eigenvalue weighted by Crippen LogP contribution is 2.17. The van der Waals surface area contributed by atoms with E-state index in [1.165, 1.54) is 6.26 Å². The average Bonchev–Trinajstić information content (AvgIpc) is 3.23. The molecule has 0 atom stereocenters. The van der Waals surface area contributed by atoms with E-state index in [0.717, 1.165) is 18.2 Å². The molecule has 0 spiro atoms. The van der Waals surface area contributed by atoms with E-state index in [1.807, 2.05) is 0 Å². The summed E-state index contributed by atoms with van der Waals surface area (Å²) in [4.78, 5) is 15.7. The number of amides is 1. The van der Waals surface area contributed by atoms with Crippen molar-refractivity contribution in [1.29, 1.82) is 0 Å². The van der Waals surface area contributed by atoms with Crippen LogP contribution in [0.5, 0.6) is 0 Å². The number of hydrogen-bond acceptors (Lipinski definition) is 7. The lowest BCUT2D eigenvalue weighted by Crippen LogP contribution is -2.25. The van der Waals surface area contributed by atoms with E-state index in [0.29, 0.717) is 5.76 Å². The van der Waals surface area contributed by atoms with Gasteiger partial charge in [-0.25, -0.2) is 17.9 Å². The molecular weight excluding hydrogens is 355 g/mol. The van der Waals surface area contributed by atoms with E-state index in [-0.39, 0.29) is 23.2 Å². The van der Waals surface area contributed by atoms with Crippen molar-refractivity contribution in [2.24, 2.45) is 5.14 Å². The molecule has 0 radical (unpaired) electrons. The van der Waals surface area contributed by atoms with Gasteiger partial charge in [-0.05, 0) is 30.3 Å². The zero-order chi connectivity index (χ0) is 18.0. The number of nitrogens with two attached hydrogens (primary N) is 1. The number of aromatic nitrogens is 2. The molecule has 0 bridgehead atoms. The number of rotatable bonds is 5. The maximum Gasteiger partial charge on any atom is 0.293 e. The van der Waals surface area contributed by atoms with Gasteiger partial charge >= 0.3 is 0 Å². The second-order valence-corrected chi connectivity index (χ2v) is 6.42. The molecule has 0 aliphatic carbocycles. The van der Waals surface area contributed by atoms with Gasteiger partial charge in [-0.2, -0.15) is 4.98 Å². The van der Waals surface area contributed by atoms with Gasteiger partial charge in [-0.15, -0.1) is 0 Å². The second-order valence-electron chi connectivity index (χ2n) is 4.86. The average molecular weight is 366 g/mol. The summed E-state index contributed by atoms with van der Waals surface area (Å²) >= 11 is 0. The fraction of sp³-hybridized carbons (Fsp3) is 0.0714. The van der Waals surface area contributed by atoms with E-state index in [4.69, 9.17) is 14.1 Å². The highest BCUT2D eigenvalue weighted by molar-refractivity contribution is 7.89. The lowest BCUT2D eigenvalue weighted by atomic mass is 10.2. The molecule has 0 aliphatic heterocycles. The van der Waals surface area contributed by atoms with Gasteiger partial charge in [0.25, 0.3) is 11.8 Å². The Kier molecular flexibility index (Phi) is 4.33. The number of sulfonamides is 1. The van der Waals surface area contributed by atoms with E-state index in [2.05, 4.69) is 15.5 Å². The summed E-state index contributed by atoms with van der Waals surface area (Å²) in [6.07, 6.45) is 1.43. The Balaban J connectivity index is 1.73. The standard InChI is InChI=1S/C14H11FN4O5S/c15-10-4-3-8(25(16,21)22)6-9(10)13(20)17-7-12-18-14(24-19-12)11-2-1-5-23-11/h1-6H,7H2,(H,17,20)(H2,16,21,22). The number of furan rings is 1. The molecule has 1 amide bonds. The van der Waals surface area contributed by atoms with Gasteiger partial charge in [-0.3, -0.25) is 4.79 Å². The Hall–Kier alpha value is -3.05. The molecule has 3 N–H and O–H groups in total. The fourth-order valence-corrected chi connectivity index (χ4v) is 2.48. The summed E-state index contributed by atoms with van der Waals surface area (Å²) in [7, 11) is -4.06. The maximum absolute atomic E-state index is 13.8. The van der Waals surface area contributed by atoms with Crippen LogP contribution >= 0.6 is 0 Å². The molecule has 2 heterocycles. The summed E-state index contributed by atoms with van der Waals surface area (Å²) in [5.41, 5.74) is -0.471. The van der Waals surface area contributed by atoms with Gasteiger partial charge < -0.3 is 14.3 Å². The van der Waals surface area contributed by atoms with Crippen molar-refractivity contribution in [3.8, 4) is 11.7 Å². The zero-order valence-electron chi connectivity index (χ0n) is 12.5. The van der Waals surface area contributed by atoms with Crippen molar-refractivity contribution in [3.05, 3.63) is 53.8 Å². The molecule has 1 aromatic carbocycles. The number of hydrogen-bond donors (Lipinski definition) is 2. The summed E-state index contributed by atoms with van der Waals surface area (Å²) in [6.45, 7) is -0.165. The van der Waals surface area contributed by atoms with Gasteiger partial charge in [-0.1, -0.05) is 5.16 Å². The monoisotopic (exact) mass is 366 g/mol. The molecule has 11 heteroatoms. The molecular formula is C14H11FN4O5S. The largest absolute Gasteiger partial charge is 0.459 e. The van der Waals surface area contributed by atoms with Crippen molar-refractivity contribution in [2.75, 3.05) is 0 Å². The van der Waals surface area contributed by atoms with Crippen LogP contribution in [0.25, 0.3) is 11.7 Å². The van der Waals surface area contributed by atoms with E-state index >= 15 is 0 Å². The van der Waals surface area contributed by atoms with Crippen LogP contribution in [0.4, 0.5) is 4.39 Å². The topological polar surface area (TPSA) is 141 Å². The molecule has 0 unspecified atom stereocenters. The highest BCUT2D eigenvalue weighted by atomic mass is 32.2. The van der Waals surface area contributed by atoms with Gasteiger partial charge in [0.2, 0.25) is 10.0 Å². The molecule has 25 heavy (non-hydrogen) atoms. The predicted octanol–water partition coefficient (Wildman–Crippen LogP) is 1.05. The Bertz CT molecular complexity index is 1010. The SMILES string of the molecule is NS(=O)(=O)c1ccc(F)c(C(=O)NCc2noc(-c3ccco3)n2)c1. The third-order valence-corrected chi connectivity index (χ3v) is 4.03. The Morgan fingerprint density at radius 2 is 2.12 bits per heavy atom. The normalized spacial score (nSPS) is 11.4. The quantitative estimate of drug-likeness (QED) is 0.687. The first-order valence-electron chi connectivity index (χ1n) is 6.81. The van der Waals surface area contributed by atoms with E-state index in [1.54, 1.807) is 12.1 Å². The van der Waals surface area contributed by atoms with Gasteiger partial charge in [0, 0.05) is 0 Å². The third-order valence-electron chi connectivity index (χ3n) is 3.12. The van der Waals surface area contributed by atoms with Crippen LogP contribution in [-0.2, 0) is 16.6 Å². The maximum atomic E-state index is 13.8. The number of nitrogens with one attached hydrogen (secondary N) is 1. The van der Waals surface area contributed by atoms with Crippen molar-refractivity contribution in [3.63, 3.8) is 0 Å². The van der Waals surface area contributed by atoms with Crippen LogP contribution in [0.15, 0.2) is 50.4 Å². The Morgan fingerprint density at radius 1 is 1.32 bits per heavy atom. The zero-order valence-corrected chi connectivity index (χ0v) is 13.3. The molecule has 2 aromatic heterocycles. The molecule has 3 aromatic rings. The van der Waals surface area contributed by atoms with Crippen molar-refractivity contribution in [1.82, 2.24) is 15.5 Å². The second kappa shape index (κ2) is 6.45. The third kappa shape index (κ3) is 3.72. The van der Waals surface area contributed by atoms with Gasteiger partial charge in [0.15, 0.2) is 11.6 Å². The fourth-order valence-electron chi connectivity index (χ4n) is 1.94. The van der Waals surface area contributed by atoms with E-state index in [9.17, 15) is 17.6 Å². The number of nitrogens with zero attached hydrogens (tertiary/aromatic N) is 2. The van der Waals surface area contributed by atoms with Gasteiger partial charge in [0.1, 0.15) is 5.82 Å². The lowest BCUT2D eigenvalue weighted by Gasteiger charge is -2.06. The smallest absolute Gasteiger partial charge is 0.293 e. The Labute approximate surface area is 140 Å². The summed E-state index contributed by atoms with van der Waals surface area (Å²) in [5.74, 6) is -1.14.